The lowest BCUT2D eigenvalue weighted by molar-refractivity contribution is 0.277. The fourth-order valence-corrected chi connectivity index (χ4v) is 1.97. The van der Waals surface area contributed by atoms with Crippen molar-refractivity contribution in [3.63, 3.8) is 0 Å². The maximum Gasteiger partial charge on any atom is 0.128 e. The number of hydrogen-bond donors (Lipinski definition) is 1. The first-order valence-corrected chi connectivity index (χ1v) is 6.09. The minimum absolute atomic E-state index is 0.0428. The standard InChI is InChI=1S/C14H15ClN2O/c1-17(9-11-4-2-5-12(15)8-11)14-7-3-6-13(10-18)16-14/h2-8,18H,9-10H2,1H3. The third kappa shape index (κ3) is 3.22. The molecule has 18 heavy (non-hydrogen) atoms. The number of halogens is 1. The highest BCUT2D eigenvalue weighted by atomic mass is 35.5. The van der Waals surface area contributed by atoms with Crippen LogP contribution in [0.5, 0.6) is 0 Å². The number of rotatable bonds is 4. The molecule has 0 aliphatic heterocycles. The smallest absolute Gasteiger partial charge is 0.128 e. The SMILES string of the molecule is CN(Cc1cccc(Cl)c1)c1cccc(CO)n1. The largest absolute Gasteiger partial charge is 0.390 e. The van der Waals surface area contributed by atoms with E-state index in [9.17, 15) is 0 Å². The molecule has 1 aromatic heterocycles. The van der Waals surface area contributed by atoms with Gasteiger partial charge in [-0.15, -0.1) is 0 Å². The number of hydrogen-bond acceptors (Lipinski definition) is 3. The highest BCUT2D eigenvalue weighted by Crippen LogP contribution is 2.16. The van der Waals surface area contributed by atoms with Gasteiger partial charge in [-0.3, -0.25) is 0 Å². The van der Waals surface area contributed by atoms with Gasteiger partial charge in [0.1, 0.15) is 5.82 Å². The van der Waals surface area contributed by atoms with Gasteiger partial charge < -0.3 is 10.0 Å². The van der Waals surface area contributed by atoms with Crippen molar-refractivity contribution in [3.05, 3.63) is 58.7 Å². The van der Waals surface area contributed by atoms with Gasteiger partial charge in [0.25, 0.3) is 0 Å². The molecular formula is C14H15ClN2O. The fraction of sp³-hybridized carbons (Fsp3) is 0.214. The van der Waals surface area contributed by atoms with Gasteiger partial charge in [-0.1, -0.05) is 29.8 Å². The Morgan fingerprint density at radius 3 is 2.72 bits per heavy atom. The molecule has 1 aromatic carbocycles. The Hall–Kier alpha value is -1.58. The van der Waals surface area contributed by atoms with E-state index in [0.717, 1.165) is 22.9 Å². The van der Waals surface area contributed by atoms with E-state index in [4.69, 9.17) is 16.7 Å². The van der Waals surface area contributed by atoms with Crippen molar-refractivity contribution in [2.75, 3.05) is 11.9 Å². The second kappa shape index (κ2) is 5.85. The van der Waals surface area contributed by atoms with Crippen LogP contribution in [0.1, 0.15) is 11.3 Å². The molecule has 1 N–H and O–H groups in total. The molecule has 3 nitrogen and oxygen atoms in total. The zero-order valence-corrected chi connectivity index (χ0v) is 10.9. The quantitative estimate of drug-likeness (QED) is 0.921. The van der Waals surface area contributed by atoms with Gasteiger partial charge in [0, 0.05) is 18.6 Å². The summed E-state index contributed by atoms with van der Waals surface area (Å²) in [6.07, 6.45) is 0. The number of nitrogens with zero attached hydrogens (tertiary/aromatic N) is 2. The van der Waals surface area contributed by atoms with Crippen LogP contribution in [0.15, 0.2) is 42.5 Å². The first-order valence-electron chi connectivity index (χ1n) is 5.71. The third-order valence-electron chi connectivity index (χ3n) is 2.65. The van der Waals surface area contributed by atoms with Crippen molar-refractivity contribution >= 4 is 17.4 Å². The molecule has 0 amide bonds. The molecule has 2 rings (SSSR count). The van der Waals surface area contributed by atoms with Crippen LogP contribution in [-0.4, -0.2) is 17.1 Å². The van der Waals surface area contributed by atoms with E-state index in [0.29, 0.717) is 5.69 Å². The molecule has 2 aromatic rings. The summed E-state index contributed by atoms with van der Waals surface area (Å²) in [4.78, 5) is 6.37. The monoisotopic (exact) mass is 262 g/mol. The first kappa shape index (κ1) is 12.9. The molecule has 0 aliphatic rings. The van der Waals surface area contributed by atoms with Gasteiger partial charge >= 0.3 is 0 Å². The molecule has 0 unspecified atom stereocenters. The van der Waals surface area contributed by atoms with E-state index in [2.05, 4.69) is 4.98 Å². The van der Waals surface area contributed by atoms with E-state index in [-0.39, 0.29) is 6.61 Å². The Morgan fingerprint density at radius 2 is 2.00 bits per heavy atom. The van der Waals surface area contributed by atoms with Gasteiger partial charge in [0.05, 0.1) is 12.3 Å². The van der Waals surface area contributed by atoms with Crippen LogP contribution >= 0.6 is 11.6 Å². The molecule has 4 heteroatoms. The summed E-state index contributed by atoms with van der Waals surface area (Å²) in [5.41, 5.74) is 1.80. The van der Waals surface area contributed by atoms with Gasteiger partial charge in [0.2, 0.25) is 0 Å². The lowest BCUT2D eigenvalue weighted by Crippen LogP contribution is -2.18. The predicted octanol–water partition coefficient (Wildman–Crippen LogP) is 2.86. The van der Waals surface area contributed by atoms with E-state index in [1.165, 1.54) is 0 Å². The van der Waals surface area contributed by atoms with E-state index in [1.807, 2.05) is 48.3 Å². The number of anilines is 1. The Bertz CT molecular complexity index is 531. The zero-order chi connectivity index (χ0) is 13.0. The van der Waals surface area contributed by atoms with Crippen LogP contribution in [0.25, 0.3) is 0 Å². The summed E-state index contributed by atoms with van der Waals surface area (Å²) in [5.74, 6) is 0.835. The summed E-state index contributed by atoms with van der Waals surface area (Å²) in [6.45, 7) is 0.682. The molecule has 1 heterocycles. The summed E-state index contributed by atoms with van der Waals surface area (Å²) in [5, 5.41) is 9.81. The van der Waals surface area contributed by atoms with Crippen molar-refractivity contribution in [2.24, 2.45) is 0 Å². The van der Waals surface area contributed by atoms with Crippen molar-refractivity contribution in [2.45, 2.75) is 13.2 Å². The molecular weight excluding hydrogens is 248 g/mol. The summed E-state index contributed by atoms with van der Waals surface area (Å²) < 4.78 is 0. The highest BCUT2D eigenvalue weighted by molar-refractivity contribution is 6.30. The van der Waals surface area contributed by atoms with Crippen LogP contribution in [-0.2, 0) is 13.2 Å². The van der Waals surface area contributed by atoms with Gasteiger partial charge in [-0.25, -0.2) is 4.98 Å². The highest BCUT2D eigenvalue weighted by Gasteiger charge is 2.04. The second-order valence-electron chi connectivity index (χ2n) is 4.13. The molecule has 94 valence electrons. The topological polar surface area (TPSA) is 36.4 Å². The molecule has 0 saturated heterocycles. The van der Waals surface area contributed by atoms with Gasteiger partial charge in [0.15, 0.2) is 0 Å². The van der Waals surface area contributed by atoms with Crippen molar-refractivity contribution in [1.82, 2.24) is 4.98 Å². The van der Waals surface area contributed by atoms with Crippen LogP contribution in [0.2, 0.25) is 5.02 Å². The van der Waals surface area contributed by atoms with Crippen LogP contribution in [0.4, 0.5) is 5.82 Å². The lowest BCUT2D eigenvalue weighted by atomic mass is 10.2. The second-order valence-corrected chi connectivity index (χ2v) is 4.57. The molecule has 0 bridgehead atoms. The Morgan fingerprint density at radius 1 is 1.22 bits per heavy atom. The van der Waals surface area contributed by atoms with E-state index < -0.39 is 0 Å². The van der Waals surface area contributed by atoms with Gasteiger partial charge in [-0.05, 0) is 29.8 Å². The van der Waals surface area contributed by atoms with Crippen molar-refractivity contribution in [3.8, 4) is 0 Å². The van der Waals surface area contributed by atoms with Crippen LogP contribution in [0, 0.1) is 0 Å². The first-order chi connectivity index (χ1) is 8.69. The lowest BCUT2D eigenvalue weighted by Gasteiger charge is -2.18. The minimum atomic E-state index is -0.0428. The van der Waals surface area contributed by atoms with Crippen LogP contribution in [0.3, 0.4) is 0 Å². The number of aromatic nitrogens is 1. The zero-order valence-electron chi connectivity index (χ0n) is 10.2. The van der Waals surface area contributed by atoms with E-state index in [1.54, 1.807) is 6.07 Å². The minimum Gasteiger partial charge on any atom is -0.390 e. The Kier molecular flexibility index (Phi) is 4.18. The average Bonchev–Trinajstić information content (AvgIpc) is 2.39. The third-order valence-corrected chi connectivity index (χ3v) is 2.89. The number of aliphatic hydroxyl groups is 1. The Balaban J connectivity index is 2.13. The van der Waals surface area contributed by atoms with Gasteiger partial charge in [-0.2, -0.15) is 0 Å². The normalized spacial score (nSPS) is 10.4. The van der Waals surface area contributed by atoms with E-state index >= 15 is 0 Å². The molecule has 0 radical (unpaired) electrons. The summed E-state index contributed by atoms with van der Waals surface area (Å²) in [6, 6.07) is 13.4. The molecule has 0 aliphatic carbocycles. The van der Waals surface area contributed by atoms with Crippen LogP contribution < -0.4 is 4.90 Å². The maximum absolute atomic E-state index is 9.07. The predicted molar refractivity (Wildman–Crippen MR) is 73.7 cm³/mol. The maximum atomic E-state index is 9.07. The number of pyridine rings is 1. The Labute approximate surface area is 112 Å². The number of aliphatic hydroxyl groups excluding tert-OH is 1. The van der Waals surface area contributed by atoms with Crippen molar-refractivity contribution in [1.29, 1.82) is 0 Å². The van der Waals surface area contributed by atoms with Crippen molar-refractivity contribution < 1.29 is 5.11 Å². The number of benzene rings is 1. The fourth-order valence-electron chi connectivity index (χ4n) is 1.76. The molecule has 0 fully saturated rings. The molecule has 0 spiro atoms. The summed E-state index contributed by atoms with van der Waals surface area (Å²) >= 11 is 5.95. The molecule has 0 atom stereocenters. The average molecular weight is 263 g/mol. The summed E-state index contributed by atoms with van der Waals surface area (Å²) in [7, 11) is 1.96. The molecule has 0 saturated carbocycles.